The van der Waals surface area contributed by atoms with E-state index in [9.17, 15) is 17.6 Å². The molecule has 1 aliphatic carbocycles. The van der Waals surface area contributed by atoms with Crippen molar-refractivity contribution in [2.24, 2.45) is 0 Å². The van der Waals surface area contributed by atoms with Crippen LogP contribution in [0, 0.1) is 5.82 Å². The first-order valence-electron chi connectivity index (χ1n) is 7.66. The van der Waals surface area contributed by atoms with Gasteiger partial charge < -0.3 is 5.32 Å². The lowest BCUT2D eigenvalue weighted by atomic mass is 9.95. The fourth-order valence-electron chi connectivity index (χ4n) is 2.93. The van der Waals surface area contributed by atoms with Crippen molar-refractivity contribution in [2.75, 3.05) is 11.9 Å². The molecule has 0 radical (unpaired) electrons. The summed E-state index contributed by atoms with van der Waals surface area (Å²) in [5.74, 6) is -0.330. The highest BCUT2D eigenvalue weighted by Gasteiger charge is 2.46. The van der Waals surface area contributed by atoms with Crippen molar-refractivity contribution in [2.45, 2.75) is 24.4 Å². The molecule has 1 fully saturated rings. The quantitative estimate of drug-likeness (QED) is 0.732. The molecule has 25 heavy (non-hydrogen) atoms. The summed E-state index contributed by atoms with van der Waals surface area (Å²) in [4.78, 5) is 7.19. The van der Waals surface area contributed by atoms with Crippen molar-refractivity contribution in [3.8, 4) is 0 Å². The summed E-state index contributed by atoms with van der Waals surface area (Å²) in [5, 5.41) is 6.86. The van der Waals surface area contributed by atoms with Gasteiger partial charge >= 0.3 is 6.18 Å². The minimum Gasteiger partial charge on any atom is -0.369 e. The molecule has 0 spiro atoms. The number of nitrogens with one attached hydrogen (secondary N) is 1. The maximum Gasteiger partial charge on any atom is 0.433 e. The molecule has 2 heterocycles. The van der Waals surface area contributed by atoms with Gasteiger partial charge in [-0.3, -0.25) is 0 Å². The van der Waals surface area contributed by atoms with Gasteiger partial charge in [-0.1, -0.05) is 18.2 Å². The second-order valence-corrected chi connectivity index (χ2v) is 6.11. The molecule has 0 atom stereocenters. The largest absolute Gasteiger partial charge is 0.433 e. The van der Waals surface area contributed by atoms with E-state index in [1.807, 2.05) is 0 Å². The standard InChI is InChI=1S/C16H13F4N5/c17-11-4-2-1-3-10(11)15(5-6-15)8-21-13-7-12(16(18,19)20)24-14-22-9-23-25(13)14/h1-4,7,9,21H,5-6,8H2. The summed E-state index contributed by atoms with van der Waals surface area (Å²) in [6.45, 7) is 0.296. The van der Waals surface area contributed by atoms with E-state index in [-0.39, 0.29) is 17.4 Å². The van der Waals surface area contributed by atoms with E-state index in [0.717, 1.165) is 25.2 Å². The Morgan fingerprint density at radius 1 is 1.20 bits per heavy atom. The molecule has 0 bridgehead atoms. The zero-order chi connectivity index (χ0) is 17.7. The average Bonchev–Trinajstić information content (AvgIpc) is 3.19. The van der Waals surface area contributed by atoms with Gasteiger partial charge in [0.15, 0.2) is 5.69 Å². The minimum atomic E-state index is -4.59. The molecule has 4 rings (SSSR count). The lowest BCUT2D eigenvalue weighted by Crippen LogP contribution is -2.23. The number of hydrogen-bond donors (Lipinski definition) is 1. The van der Waals surface area contributed by atoms with Crippen molar-refractivity contribution >= 4 is 11.6 Å². The van der Waals surface area contributed by atoms with Crippen molar-refractivity contribution < 1.29 is 17.6 Å². The average molecular weight is 351 g/mol. The Morgan fingerprint density at radius 2 is 1.96 bits per heavy atom. The summed E-state index contributed by atoms with van der Waals surface area (Å²) in [6.07, 6.45) is -1.93. The molecule has 9 heteroatoms. The number of anilines is 1. The van der Waals surface area contributed by atoms with Gasteiger partial charge in [-0.2, -0.15) is 27.8 Å². The molecule has 0 amide bonds. The molecule has 1 aromatic carbocycles. The molecule has 2 aromatic heterocycles. The Labute approximate surface area is 139 Å². The Hall–Kier alpha value is -2.71. The van der Waals surface area contributed by atoms with Crippen LogP contribution in [0.2, 0.25) is 0 Å². The van der Waals surface area contributed by atoms with Crippen molar-refractivity contribution in [1.82, 2.24) is 19.6 Å². The number of halogens is 4. The molecule has 0 unspecified atom stereocenters. The van der Waals surface area contributed by atoms with Gasteiger partial charge in [0.25, 0.3) is 5.78 Å². The van der Waals surface area contributed by atoms with Crippen LogP contribution >= 0.6 is 0 Å². The summed E-state index contributed by atoms with van der Waals surface area (Å²) in [5.41, 5.74) is -0.895. The Kier molecular flexibility index (Phi) is 3.41. The van der Waals surface area contributed by atoms with Crippen molar-refractivity contribution in [3.63, 3.8) is 0 Å². The van der Waals surface area contributed by atoms with E-state index in [1.54, 1.807) is 18.2 Å². The van der Waals surface area contributed by atoms with E-state index in [0.29, 0.717) is 12.1 Å². The van der Waals surface area contributed by atoms with E-state index >= 15 is 0 Å². The molecule has 5 nitrogen and oxygen atoms in total. The molecular weight excluding hydrogens is 338 g/mol. The van der Waals surface area contributed by atoms with E-state index in [4.69, 9.17) is 0 Å². The maximum atomic E-state index is 14.1. The van der Waals surface area contributed by atoms with Crippen LogP contribution in [-0.2, 0) is 11.6 Å². The van der Waals surface area contributed by atoms with Crippen LogP contribution < -0.4 is 5.32 Å². The van der Waals surface area contributed by atoms with Gasteiger partial charge in [-0.05, 0) is 24.5 Å². The number of aromatic nitrogens is 4. The monoisotopic (exact) mass is 351 g/mol. The molecule has 3 aromatic rings. The van der Waals surface area contributed by atoms with Crippen LogP contribution in [0.25, 0.3) is 5.78 Å². The second-order valence-electron chi connectivity index (χ2n) is 6.11. The number of nitrogens with zero attached hydrogens (tertiary/aromatic N) is 4. The first-order valence-corrected chi connectivity index (χ1v) is 7.66. The molecule has 0 aliphatic heterocycles. The van der Waals surface area contributed by atoms with Gasteiger partial charge in [0.1, 0.15) is 18.0 Å². The fraction of sp³-hybridized carbons (Fsp3) is 0.312. The van der Waals surface area contributed by atoms with Crippen LogP contribution in [0.3, 0.4) is 0 Å². The van der Waals surface area contributed by atoms with Crippen molar-refractivity contribution in [3.05, 3.63) is 53.7 Å². The van der Waals surface area contributed by atoms with E-state index in [2.05, 4.69) is 20.4 Å². The van der Waals surface area contributed by atoms with Gasteiger partial charge in [0.2, 0.25) is 0 Å². The van der Waals surface area contributed by atoms with Gasteiger partial charge in [-0.25, -0.2) is 9.37 Å². The molecule has 0 saturated heterocycles. The summed E-state index contributed by atoms with van der Waals surface area (Å²) in [6, 6.07) is 7.35. The third kappa shape index (κ3) is 2.79. The normalized spacial score (nSPS) is 16.2. The number of alkyl halides is 3. The lowest BCUT2D eigenvalue weighted by molar-refractivity contribution is -0.141. The third-order valence-corrected chi connectivity index (χ3v) is 4.45. The Morgan fingerprint density at radius 3 is 2.64 bits per heavy atom. The predicted molar refractivity (Wildman–Crippen MR) is 81.6 cm³/mol. The third-order valence-electron chi connectivity index (χ3n) is 4.45. The first-order chi connectivity index (χ1) is 11.9. The molecule has 1 N–H and O–H groups in total. The van der Waals surface area contributed by atoms with Gasteiger partial charge in [-0.15, -0.1) is 0 Å². The number of benzene rings is 1. The highest BCUT2D eigenvalue weighted by atomic mass is 19.4. The number of hydrogen-bond acceptors (Lipinski definition) is 4. The van der Waals surface area contributed by atoms with Crippen LogP contribution in [-0.4, -0.2) is 26.1 Å². The number of rotatable bonds is 4. The zero-order valence-electron chi connectivity index (χ0n) is 12.9. The van der Waals surface area contributed by atoms with E-state index in [1.165, 1.54) is 10.6 Å². The number of fused-ring (bicyclic) bond motifs is 1. The van der Waals surface area contributed by atoms with Crippen LogP contribution in [0.15, 0.2) is 36.7 Å². The fourth-order valence-corrected chi connectivity index (χ4v) is 2.93. The predicted octanol–water partition coefficient (Wildman–Crippen LogP) is 3.43. The van der Waals surface area contributed by atoms with E-state index < -0.39 is 17.3 Å². The summed E-state index contributed by atoms with van der Waals surface area (Å²) < 4.78 is 54.3. The lowest BCUT2D eigenvalue weighted by Gasteiger charge is -2.19. The molecular formula is C16H13F4N5. The van der Waals surface area contributed by atoms with Crippen LogP contribution in [0.1, 0.15) is 24.1 Å². The van der Waals surface area contributed by atoms with Crippen molar-refractivity contribution in [1.29, 1.82) is 0 Å². The summed E-state index contributed by atoms with van der Waals surface area (Å²) >= 11 is 0. The Bertz CT molecular complexity index is 930. The highest BCUT2D eigenvalue weighted by molar-refractivity contribution is 5.47. The topological polar surface area (TPSA) is 55.1 Å². The molecule has 1 aliphatic rings. The highest BCUT2D eigenvalue weighted by Crippen LogP contribution is 2.49. The van der Waals surface area contributed by atoms with Crippen LogP contribution in [0.4, 0.5) is 23.4 Å². The van der Waals surface area contributed by atoms with Gasteiger partial charge in [0, 0.05) is 18.0 Å². The SMILES string of the molecule is Fc1ccccc1C1(CNc2cc(C(F)(F)F)nc3ncnn23)CC1. The minimum absolute atomic E-state index is 0.123. The Balaban J connectivity index is 1.65. The molecule has 130 valence electrons. The summed E-state index contributed by atoms with van der Waals surface area (Å²) in [7, 11) is 0. The molecule has 1 saturated carbocycles. The van der Waals surface area contributed by atoms with Crippen LogP contribution in [0.5, 0.6) is 0 Å². The first kappa shape index (κ1) is 15.8. The zero-order valence-corrected chi connectivity index (χ0v) is 12.9. The maximum absolute atomic E-state index is 14.1. The second kappa shape index (κ2) is 5.40. The van der Waals surface area contributed by atoms with Gasteiger partial charge in [0.05, 0.1) is 0 Å². The smallest absolute Gasteiger partial charge is 0.369 e.